The number of carbonyl (C=O) groups is 1. The van der Waals surface area contributed by atoms with Crippen molar-refractivity contribution in [2.24, 2.45) is 5.92 Å². The minimum Gasteiger partial charge on any atom is -0.393 e. The van der Waals surface area contributed by atoms with Gasteiger partial charge in [0.2, 0.25) is 0 Å². The Morgan fingerprint density at radius 1 is 1.07 bits per heavy atom. The molecule has 2 fully saturated rings. The number of aliphatic hydroxyl groups excluding tert-OH is 1. The van der Waals surface area contributed by atoms with E-state index >= 15 is 0 Å². The Kier molecular flexibility index (Phi) is 6.07. The van der Waals surface area contributed by atoms with Gasteiger partial charge in [-0.1, -0.05) is 35.5 Å². The van der Waals surface area contributed by atoms with Crippen molar-refractivity contribution in [3.8, 4) is 0 Å². The van der Waals surface area contributed by atoms with Crippen LogP contribution in [0.1, 0.15) is 47.5 Å². The maximum Gasteiger partial charge on any atom is 0.276 e. The highest BCUT2D eigenvalue weighted by Gasteiger charge is 2.26. The lowest BCUT2D eigenvalue weighted by atomic mass is 9.90. The molecule has 0 bridgehead atoms. The van der Waals surface area contributed by atoms with Crippen molar-refractivity contribution in [1.82, 2.24) is 15.0 Å². The summed E-state index contributed by atoms with van der Waals surface area (Å²) in [5.74, 6) is 1.33. The second-order valence-corrected chi connectivity index (χ2v) is 8.11. The molecule has 1 aromatic carbocycles. The summed E-state index contributed by atoms with van der Waals surface area (Å²) in [6.07, 6.45) is 4.54. The van der Waals surface area contributed by atoms with E-state index in [-0.39, 0.29) is 12.0 Å². The Balaban J connectivity index is 1.26. The largest absolute Gasteiger partial charge is 0.393 e. The molecule has 1 amide bonds. The molecule has 150 valence electrons. The highest BCUT2D eigenvalue weighted by atomic mass is 16.5. The van der Waals surface area contributed by atoms with E-state index in [4.69, 9.17) is 4.52 Å². The number of hydrogen-bond acceptors (Lipinski definition) is 5. The number of carbonyl (C=O) groups excluding carboxylic acids is 1. The zero-order chi connectivity index (χ0) is 19.3. The monoisotopic (exact) mass is 383 g/mol. The molecule has 1 N–H and O–H groups in total. The van der Waals surface area contributed by atoms with Gasteiger partial charge in [-0.15, -0.1) is 0 Å². The number of aromatic nitrogens is 1. The second kappa shape index (κ2) is 8.88. The summed E-state index contributed by atoms with van der Waals surface area (Å²) < 4.78 is 5.40. The molecular formula is C22H29N3O3. The molecule has 0 spiro atoms. The highest BCUT2D eigenvalue weighted by Crippen LogP contribution is 2.23. The van der Waals surface area contributed by atoms with Gasteiger partial charge in [0.1, 0.15) is 0 Å². The van der Waals surface area contributed by atoms with Crippen LogP contribution in [0.2, 0.25) is 0 Å². The van der Waals surface area contributed by atoms with Crippen LogP contribution >= 0.6 is 0 Å². The number of aliphatic hydroxyl groups is 1. The molecule has 2 saturated heterocycles. The third kappa shape index (κ3) is 4.80. The minimum absolute atomic E-state index is 0.0257. The van der Waals surface area contributed by atoms with E-state index in [1.165, 1.54) is 5.56 Å². The summed E-state index contributed by atoms with van der Waals surface area (Å²) in [6.45, 7) is 3.90. The van der Waals surface area contributed by atoms with Crippen molar-refractivity contribution < 1.29 is 14.4 Å². The van der Waals surface area contributed by atoms with Crippen LogP contribution in [0.3, 0.4) is 0 Å². The molecule has 2 aromatic rings. The molecule has 0 unspecified atom stereocenters. The number of amides is 1. The van der Waals surface area contributed by atoms with E-state index < -0.39 is 0 Å². The first kappa shape index (κ1) is 19.2. The SMILES string of the molecule is O=C(c1cc(CN2CCC(O)CC2)on1)N1CCC(Cc2ccccc2)CC1. The second-order valence-electron chi connectivity index (χ2n) is 8.11. The average Bonchev–Trinajstić information content (AvgIpc) is 3.19. The van der Waals surface area contributed by atoms with E-state index in [1.54, 1.807) is 6.07 Å². The summed E-state index contributed by atoms with van der Waals surface area (Å²) in [5, 5.41) is 13.6. The maximum atomic E-state index is 12.8. The fourth-order valence-corrected chi connectivity index (χ4v) is 4.24. The molecule has 0 aliphatic carbocycles. The summed E-state index contributed by atoms with van der Waals surface area (Å²) in [6, 6.07) is 12.4. The predicted octanol–water partition coefficient (Wildman–Crippen LogP) is 2.73. The molecule has 1 aromatic heterocycles. The van der Waals surface area contributed by atoms with E-state index in [2.05, 4.69) is 34.3 Å². The lowest BCUT2D eigenvalue weighted by Gasteiger charge is -2.31. The summed E-state index contributed by atoms with van der Waals surface area (Å²) >= 11 is 0. The number of benzene rings is 1. The molecule has 2 aliphatic heterocycles. The summed E-state index contributed by atoms with van der Waals surface area (Å²) in [4.78, 5) is 16.9. The Morgan fingerprint density at radius 2 is 1.79 bits per heavy atom. The first-order chi connectivity index (χ1) is 13.7. The fourth-order valence-electron chi connectivity index (χ4n) is 4.24. The average molecular weight is 383 g/mol. The fraction of sp³-hybridized carbons (Fsp3) is 0.545. The van der Waals surface area contributed by atoms with Crippen molar-refractivity contribution in [1.29, 1.82) is 0 Å². The smallest absolute Gasteiger partial charge is 0.276 e. The van der Waals surface area contributed by atoms with Gasteiger partial charge in [0, 0.05) is 32.2 Å². The van der Waals surface area contributed by atoms with Crippen LogP contribution in [-0.4, -0.2) is 58.3 Å². The number of nitrogens with zero attached hydrogens (tertiary/aromatic N) is 3. The van der Waals surface area contributed by atoms with Gasteiger partial charge in [-0.3, -0.25) is 9.69 Å². The van der Waals surface area contributed by atoms with Crippen LogP contribution in [0, 0.1) is 5.92 Å². The van der Waals surface area contributed by atoms with Gasteiger partial charge >= 0.3 is 0 Å². The van der Waals surface area contributed by atoms with Crippen LogP contribution in [0.5, 0.6) is 0 Å². The van der Waals surface area contributed by atoms with Crippen LogP contribution in [-0.2, 0) is 13.0 Å². The maximum absolute atomic E-state index is 12.8. The third-order valence-electron chi connectivity index (χ3n) is 5.98. The Labute approximate surface area is 166 Å². The van der Waals surface area contributed by atoms with Crippen LogP contribution < -0.4 is 0 Å². The Hall–Kier alpha value is -2.18. The topological polar surface area (TPSA) is 69.8 Å². The molecule has 28 heavy (non-hydrogen) atoms. The minimum atomic E-state index is -0.187. The zero-order valence-electron chi connectivity index (χ0n) is 16.3. The zero-order valence-corrected chi connectivity index (χ0v) is 16.3. The first-order valence-corrected chi connectivity index (χ1v) is 10.4. The van der Waals surface area contributed by atoms with Crippen molar-refractivity contribution >= 4 is 5.91 Å². The van der Waals surface area contributed by atoms with Crippen molar-refractivity contribution in [3.63, 3.8) is 0 Å². The molecule has 0 radical (unpaired) electrons. The third-order valence-corrected chi connectivity index (χ3v) is 5.98. The van der Waals surface area contributed by atoms with Gasteiger partial charge < -0.3 is 14.5 Å². The van der Waals surface area contributed by atoms with Crippen molar-refractivity contribution in [3.05, 3.63) is 53.4 Å². The lowest BCUT2D eigenvalue weighted by Crippen LogP contribution is -2.39. The van der Waals surface area contributed by atoms with Gasteiger partial charge in [-0.05, 0) is 43.6 Å². The van der Waals surface area contributed by atoms with Gasteiger partial charge in [0.05, 0.1) is 12.6 Å². The van der Waals surface area contributed by atoms with Crippen molar-refractivity contribution in [2.75, 3.05) is 26.2 Å². The van der Waals surface area contributed by atoms with Crippen LogP contribution in [0.15, 0.2) is 40.9 Å². The highest BCUT2D eigenvalue weighted by molar-refractivity contribution is 5.92. The first-order valence-electron chi connectivity index (χ1n) is 10.4. The lowest BCUT2D eigenvalue weighted by molar-refractivity contribution is 0.0677. The Morgan fingerprint density at radius 3 is 2.50 bits per heavy atom. The van der Waals surface area contributed by atoms with Crippen molar-refractivity contribution in [2.45, 2.75) is 44.8 Å². The van der Waals surface area contributed by atoms with E-state index in [1.807, 2.05) is 11.0 Å². The van der Waals surface area contributed by atoms with E-state index in [0.29, 0.717) is 18.2 Å². The van der Waals surface area contributed by atoms with Gasteiger partial charge in [-0.2, -0.15) is 0 Å². The Bertz CT molecular complexity index is 760. The number of rotatable bonds is 5. The quantitative estimate of drug-likeness (QED) is 0.860. The molecular weight excluding hydrogens is 354 g/mol. The van der Waals surface area contributed by atoms with Gasteiger partial charge in [0.25, 0.3) is 5.91 Å². The molecule has 2 aliphatic rings. The van der Waals surface area contributed by atoms with Crippen LogP contribution in [0.4, 0.5) is 0 Å². The van der Waals surface area contributed by atoms with Gasteiger partial charge in [-0.25, -0.2) is 0 Å². The predicted molar refractivity (Wildman–Crippen MR) is 106 cm³/mol. The molecule has 4 rings (SSSR count). The van der Waals surface area contributed by atoms with E-state index in [0.717, 1.165) is 64.0 Å². The van der Waals surface area contributed by atoms with E-state index in [9.17, 15) is 9.90 Å². The van der Waals surface area contributed by atoms with Crippen LogP contribution in [0.25, 0.3) is 0 Å². The number of hydrogen-bond donors (Lipinski definition) is 1. The molecule has 3 heterocycles. The number of piperidine rings is 2. The standard InChI is InChI=1S/C22H29N3O3/c26-19-8-10-24(11-9-19)16-20-15-21(23-28-20)22(27)25-12-6-18(7-13-25)14-17-4-2-1-3-5-17/h1-5,15,18-19,26H,6-14,16H2. The molecule has 0 saturated carbocycles. The normalized spacial score (nSPS) is 19.8. The van der Waals surface area contributed by atoms with Gasteiger partial charge in [0.15, 0.2) is 11.5 Å². The summed E-state index contributed by atoms with van der Waals surface area (Å²) in [7, 11) is 0. The summed E-state index contributed by atoms with van der Waals surface area (Å²) in [5.41, 5.74) is 1.78. The molecule has 6 nitrogen and oxygen atoms in total. The molecule has 0 atom stereocenters. The molecule has 6 heteroatoms. The number of likely N-dealkylation sites (tertiary alicyclic amines) is 2.